The van der Waals surface area contributed by atoms with E-state index in [2.05, 4.69) is 10.2 Å². The number of alkyl halides is 2. The maximum atomic E-state index is 11.9. The summed E-state index contributed by atoms with van der Waals surface area (Å²) in [5.74, 6) is 0.728. The van der Waals surface area contributed by atoms with Crippen LogP contribution in [-0.4, -0.2) is 93.9 Å². The topological polar surface area (TPSA) is 133 Å². The Labute approximate surface area is 187 Å². The molecule has 0 aliphatic carbocycles. The number of hydrogen-bond donors (Lipinski definition) is 6. The minimum Gasteiger partial charge on any atom is -0.394 e. The van der Waals surface area contributed by atoms with Gasteiger partial charge in [-0.05, 0) is 30.5 Å². The summed E-state index contributed by atoms with van der Waals surface area (Å²) in [7, 11) is 0. The molecule has 172 valence electrons. The van der Waals surface area contributed by atoms with E-state index < -0.39 is 31.0 Å². The van der Waals surface area contributed by atoms with Crippen molar-refractivity contribution in [1.82, 2.24) is 5.32 Å². The Morgan fingerprint density at radius 1 is 0.967 bits per heavy atom. The first-order valence-corrected chi connectivity index (χ1v) is 11.0. The van der Waals surface area contributed by atoms with Gasteiger partial charge in [-0.15, -0.1) is 23.2 Å². The van der Waals surface area contributed by atoms with Gasteiger partial charge in [-0.25, -0.2) is 0 Å². The number of halogens is 2. The van der Waals surface area contributed by atoms with Gasteiger partial charge in [0.25, 0.3) is 0 Å². The first-order chi connectivity index (χ1) is 14.3. The number of benzene rings is 1. The zero-order chi connectivity index (χ0) is 22.5. The molecule has 0 unspecified atom stereocenters. The van der Waals surface area contributed by atoms with Crippen LogP contribution in [0.4, 0.5) is 5.69 Å². The second-order valence-electron chi connectivity index (χ2n) is 6.99. The van der Waals surface area contributed by atoms with E-state index in [0.717, 1.165) is 11.3 Å². The number of carbonyl (C=O) groups excluding carboxylic acids is 1. The number of aliphatic hydroxyl groups is 5. The predicted molar refractivity (Wildman–Crippen MR) is 117 cm³/mol. The molecule has 0 aliphatic rings. The summed E-state index contributed by atoms with van der Waals surface area (Å²) in [4.78, 5) is 14.0. The molecule has 0 aliphatic heterocycles. The summed E-state index contributed by atoms with van der Waals surface area (Å²) in [6.07, 6.45) is -4.92. The van der Waals surface area contributed by atoms with Gasteiger partial charge in [-0.3, -0.25) is 4.79 Å². The van der Waals surface area contributed by atoms with E-state index in [9.17, 15) is 25.2 Å². The fourth-order valence-electron chi connectivity index (χ4n) is 2.89. The van der Waals surface area contributed by atoms with Gasteiger partial charge >= 0.3 is 0 Å². The second-order valence-corrected chi connectivity index (χ2v) is 7.74. The lowest BCUT2D eigenvalue weighted by atomic mass is 10.0. The van der Waals surface area contributed by atoms with Crippen LogP contribution in [0.3, 0.4) is 0 Å². The van der Waals surface area contributed by atoms with Crippen LogP contribution in [0.2, 0.25) is 0 Å². The average Bonchev–Trinajstić information content (AvgIpc) is 2.76. The molecule has 4 atom stereocenters. The molecule has 8 nitrogen and oxygen atoms in total. The second kappa shape index (κ2) is 14.8. The van der Waals surface area contributed by atoms with E-state index in [1.165, 1.54) is 0 Å². The number of aliphatic hydroxyl groups excluding tert-OH is 5. The summed E-state index contributed by atoms with van der Waals surface area (Å²) >= 11 is 11.6. The third-order valence-electron chi connectivity index (χ3n) is 4.71. The highest BCUT2D eigenvalue weighted by Crippen LogP contribution is 2.17. The lowest BCUT2D eigenvalue weighted by Crippen LogP contribution is -2.49. The van der Waals surface area contributed by atoms with Gasteiger partial charge in [-0.2, -0.15) is 0 Å². The minimum absolute atomic E-state index is 0.233. The summed E-state index contributed by atoms with van der Waals surface area (Å²) in [6.45, 7) is 0.394. The molecule has 0 heterocycles. The van der Waals surface area contributed by atoms with E-state index >= 15 is 0 Å². The number of carbonyl (C=O) groups is 1. The van der Waals surface area contributed by atoms with Gasteiger partial charge in [-0.1, -0.05) is 12.1 Å². The third kappa shape index (κ3) is 9.34. The molecule has 10 heteroatoms. The standard InChI is InChI=1S/C20H32Cl2N2O6/c21-8-10-24(11-9-22)15-6-4-14(5-7-15)2-1-3-18(28)23-12-16(26)19(29)20(30)17(27)13-25/h4-7,16-17,19-20,25-27,29-30H,1-3,8-13H2,(H,23,28)/t16-,17+,19-,20+/m0/s1. The number of amides is 1. The normalized spacial score (nSPS) is 15.3. The van der Waals surface area contributed by atoms with Crippen molar-refractivity contribution in [3.05, 3.63) is 29.8 Å². The van der Waals surface area contributed by atoms with Gasteiger partial charge in [0.05, 0.1) is 12.7 Å². The number of aryl methyl sites for hydroxylation is 1. The summed E-state index contributed by atoms with van der Waals surface area (Å²) in [5.41, 5.74) is 2.12. The number of nitrogens with zero attached hydrogens (tertiary/aromatic N) is 1. The van der Waals surface area contributed by atoms with Crippen molar-refractivity contribution in [2.45, 2.75) is 43.7 Å². The van der Waals surface area contributed by atoms with Gasteiger partial charge in [0.2, 0.25) is 5.91 Å². The van der Waals surface area contributed by atoms with E-state index in [0.29, 0.717) is 37.7 Å². The Hall–Kier alpha value is -1.13. The van der Waals surface area contributed by atoms with Crippen LogP contribution in [0.25, 0.3) is 0 Å². The molecule has 0 spiro atoms. The lowest BCUT2D eigenvalue weighted by molar-refractivity contribution is -0.126. The highest BCUT2D eigenvalue weighted by Gasteiger charge is 2.30. The van der Waals surface area contributed by atoms with Crippen LogP contribution < -0.4 is 10.2 Å². The van der Waals surface area contributed by atoms with E-state index in [4.69, 9.17) is 28.3 Å². The molecule has 0 saturated carbocycles. The largest absolute Gasteiger partial charge is 0.394 e. The van der Waals surface area contributed by atoms with Crippen LogP contribution in [0, 0.1) is 0 Å². The first kappa shape index (κ1) is 26.9. The molecule has 0 aromatic heterocycles. The molecular weight excluding hydrogens is 435 g/mol. The zero-order valence-corrected chi connectivity index (χ0v) is 18.3. The predicted octanol–water partition coefficient (Wildman–Crippen LogP) is -0.155. The Kier molecular flexibility index (Phi) is 13.3. The summed E-state index contributed by atoms with van der Waals surface area (Å²) in [5, 5.41) is 49.6. The van der Waals surface area contributed by atoms with Crippen molar-refractivity contribution in [2.75, 3.05) is 42.9 Å². The maximum absolute atomic E-state index is 11.9. The Balaban J connectivity index is 2.37. The van der Waals surface area contributed by atoms with E-state index in [1.54, 1.807) is 0 Å². The van der Waals surface area contributed by atoms with Crippen LogP contribution in [0.5, 0.6) is 0 Å². The van der Waals surface area contributed by atoms with Gasteiger partial charge < -0.3 is 35.7 Å². The molecular formula is C20H32Cl2N2O6. The van der Waals surface area contributed by atoms with Crippen LogP contribution in [-0.2, 0) is 11.2 Å². The molecule has 0 fully saturated rings. The highest BCUT2D eigenvalue weighted by molar-refractivity contribution is 6.18. The molecule has 1 rings (SSSR count). The third-order valence-corrected chi connectivity index (χ3v) is 5.05. The molecule has 0 saturated heterocycles. The fraction of sp³-hybridized carbons (Fsp3) is 0.650. The average molecular weight is 467 g/mol. The molecule has 30 heavy (non-hydrogen) atoms. The van der Waals surface area contributed by atoms with Crippen molar-refractivity contribution in [2.24, 2.45) is 0 Å². The van der Waals surface area contributed by atoms with Gasteiger partial charge in [0.15, 0.2) is 0 Å². The lowest BCUT2D eigenvalue weighted by Gasteiger charge is -2.25. The molecule has 1 aromatic rings. The minimum atomic E-state index is -1.71. The monoisotopic (exact) mass is 466 g/mol. The van der Waals surface area contributed by atoms with E-state index in [-0.39, 0.29) is 18.9 Å². The Bertz CT molecular complexity index is 601. The Morgan fingerprint density at radius 3 is 2.07 bits per heavy atom. The van der Waals surface area contributed by atoms with Crippen molar-refractivity contribution in [3.8, 4) is 0 Å². The molecule has 0 bridgehead atoms. The quantitative estimate of drug-likeness (QED) is 0.198. The number of hydrogen-bond acceptors (Lipinski definition) is 7. The summed E-state index contributed by atoms with van der Waals surface area (Å²) in [6, 6.07) is 7.99. The van der Waals surface area contributed by atoms with Gasteiger partial charge in [0, 0.05) is 43.5 Å². The van der Waals surface area contributed by atoms with Crippen molar-refractivity contribution in [1.29, 1.82) is 0 Å². The molecule has 1 aromatic carbocycles. The number of nitrogens with one attached hydrogen (secondary N) is 1. The smallest absolute Gasteiger partial charge is 0.220 e. The molecule has 1 amide bonds. The fourth-order valence-corrected chi connectivity index (χ4v) is 3.30. The van der Waals surface area contributed by atoms with E-state index in [1.807, 2.05) is 24.3 Å². The van der Waals surface area contributed by atoms with Gasteiger partial charge in [0.1, 0.15) is 18.3 Å². The van der Waals surface area contributed by atoms with Crippen molar-refractivity contribution >= 4 is 34.8 Å². The first-order valence-electron chi connectivity index (χ1n) is 9.89. The highest BCUT2D eigenvalue weighted by atomic mass is 35.5. The van der Waals surface area contributed by atoms with Crippen LogP contribution >= 0.6 is 23.2 Å². The zero-order valence-electron chi connectivity index (χ0n) is 16.8. The Morgan fingerprint density at radius 2 is 1.53 bits per heavy atom. The van der Waals surface area contributed by atoms with Crippen LogP contribution in [0.1, 0.15) is 18.4 Å². The van der Waals surface area contributed by atoms with Crippen molar-refractivity contribution < 1.29 is 30.3 Å². The molecule has 6 N–H and O–H groups in total. The van der Waals surface area contributed by atoms with Crippen molar-refractivity contribution in [3.63, 3.8) is 0 Å². The van der Waals surface area contributed by atoms with Crippen LogP contribution in [0.15, 0.2) is 24.3 Å². The number of rotatable bonds is 15. The maximum Gasteiger partial charge on any atom is 0.220 e. The molecule has 0 radical (unpaired) electrons. The number of anilines is 1. The summed E-state index contributed by atoms with van der Waals surface area (Å²) < 4.78 is 0. The SMILES string of the molecule is O=C(CCCc1ccc(N(CCCl)CCCl)cc1)NC[C@H](O)[C@H](O)[C@H](O)[C@H](O)CO.